The molecule has 1 aliphatic heterocycles. The molecular formula is C26H23NO3S. The fraction of sp³-hybridized carbons (Fsp3) is 0.231. The Hall–Kier alpha value is -2.89. The zero-order valence-corrected chi connectivity index (χ0v) is 18.0. The molecule has 0 spiro atoms. The van der Waals surface area contributed by atoms with E-state index in [-0.39, 0.29) is 17.9 Å². The van der Waals surface area contributed by atoms with Gasteiger partial charge in [-0.05, 0) is 42.7 Å². The largest absolute Gasteiger partial charge is 0.372 e. The van der Waals surface area contributed by atoms with Gasteiger partial charge in [0.2, 0.25) is 0 Å². The Morgan fingerprint density at radius 2 is 1.61 bits per heavy atom. The van der Waals surface area contributed by atoms with E-state index >= 15 is 0 Å². The smallest absolute Gasteiger partial charge is 0.268 e. The molecule has 1 aromatic heterocycles. The van der Waals surface area contributed by atoms with E-state index in [4.69, 9.17) is 4.74 Å². The molecule has 5 heteroatoms. The molecule has 3 aromatic carbocycles. The molecule has 156 valence electrons. The second-order valence-electron chi connectivity index (χ2n) is 8.53. The molecular weight excluding hydrogens is 406 g/mol. The number of benzene rings is 3. The van der Waals surface area contributed by atoms with Gasteiger partial charge in [-0.2, -0.15) is 0 Å². The van der Waals surface area contributed by atoms with E-state index in [0.717, 1.165) is 34.1 Å². The Bertz CT molecular complexity index is 1390. The molecule has 1 aliphatic carbocycles. The Labute approximate surface area is 182 Å². The van der Waals surface area contributed by atoms with Crippen LogP contribution in [0.15, 0.2) is 83.8 Å². The van der Waals surface area contributed by atoms with Crippen LogP contribution in [0.2, 0.25) is 0 Å². The van der Waals surface area contributed by atoms with Crippen LogP contribution in [-0.2, 0) is 14.8 Å². The Balaban J connectivity index is 1.68. The van der Waals surface area contributed by atoms with Crippen LogP contribution in [0.4, 0.5) is 0 Å². The van der Waals surface area contributed by atoms with Crippen LogP contribution in [0, 0.1) is 12.8 Å². The van der Waals surface area contributed by atoms with Gasteiger partial charge in [-0.15, -0.1) is 0 Å². The minimum absolute atomic E-state index is 0.128. The highest BCUT2D eigenvalue weighted by Gasteiger charge is 2.50. The maximum atomic E-state index is 13.9. The van der Waals surface area contributed by atoms with Gasteiger partial charge in [0.05, 0.1) is 16.1 Å². The topological polar surface area (TPSA) is 48.3 Å². The molecule has 0 radical (unpaired) electrons. The fourth-order valence-corrected chi connectivity index (χ4v) is 7.01. The molecule has 31 heavy (non-hydrogen) atoms. The summed E-state index contributed by atoms with van der Waals surface area (Å²) in [6.07, 6.45) is 0.713. The van der Waals surface area contributed by atoms with E-state index in [0.29, 0.717) is 11.5 Å². The number of hydrogen-bond acceptors (Lipinski definition) is 3. The predicted molar refractivity (Wildman–Crippen MR) is 121 cm³/mol. The molecule has 0 amide bonds. The zero-order valence-electron chi connectivity index (χ0n) is 17.2. The van der Waals surface area contributed by atoms with Crippen molar-refractivity contribution in [1.29, 1.82) is 0 Å². The lowest BCUT2D eigenvalue weighted by Gasteiger charge is -2.20. The van der Waals surface area contributed by atoms with Crippen molar-refractivity contribution in [2.45, 2.75) is 30.3 Å². The van der Waals surface area contributed by atoms with Crippen LogP contribution in [0.1, 0.15) is 40.8 Å². The molecule has 0 bridgehead atoms. The quantitative estimate of drug-likeness (QED) is 0.437. The van der Waals surface area contributed by atoms with Crippen LogP contribution >= 0.6 is 0 Å². The fourth-order valence-electron chi connectivity index (χ4n) is 5.44. The first kappa shape index (κ1) is 18.8. The first-order valence-corrected chi connectivity index (χ1v) is 12.1. The molecule has 1 fully saturated rings. The molecule has 3 atom stereocenters. The van der Waals surface area contributed by atoms with E-state index < -0.39 is 10.0 Å². The van der Waals surface area contributed by atoms with Crippen molar-refractivity contribution in [3.05, 3.63) is 101 Å². The Kier molecular flexibility index (Phi) is 4.14. The zero-order chi connectivity index (χ0) is 21.2. The van der Waals surface area contributed by atoms with Gasteiger partial charge in [-0.3, -0.25) is 0 Å². The summed E-state index contributed by atoms with van der Waals surface area (Å²) >= 11 is 0. The number of nitrogens with zero attached hydrogens (tertiary/aromatic N) is 1. The first-order chi connectivity index (χ1) is 15.1. The molecule has 4 aromatic rings. The third kappa shape index (κ3) is 2.66. The normalized spacial score (nSPS) is 22.5. The van der Waals surface area contributed by atoms with Crippen molar-refractivity contribution >= 4 is 20.9 Å². The average Bonchev–Trinajstić information content (AvgIpc) is 3.45. The molecule has 2 aliphatic rings. The number of aromatic nitrogens is 1. The second-order valence-corrected chi connectivity index (χ2v) is 10.3. The van der Waals surface area contributed by atoms with Crippen LogP contribution in [0.25, 0.3) is 10.9 Å². The van der Waals surface area contributed by atoms with Gasteiger partial charge in [0.25, 0.3) is 10.0 Å². The summed E-state index contributed by atoms with van der Waals surface area (Å²) in [5, 5.41) is 1.00. The lowest BCUT2D eigenvalue weighted by molar-refractivity contribution is 0.0933. The molecule has 0 N–H and O–H groups in total. The number of hydrogen-bond donors (Lipinski definition) is 0. The minimum atomic E-state index is -3.77. The van der Waals surface area contributed by atoms with Gasteiger partial charge in [-0.1, -0.05) is 66.2 Å². The van der Waals surface area contributed by atoms with Gasteiger partial charge in [0, 0.05) is 23.8 Å². The lowest BCUT2D eigenvalue weighted by Crippen LogP contribution is -2.18. The third-order valence-corrected chi connectivity index (χ3v) is 8.51. The Morgan fingerprint density at radius 1 is 0.903 bits per heavy atom. The molecule has 4 nitrogen and oxygen atoms in total. The molecule has 0 saturated carbocycles. The van der Waals surface area contributed by atoms with Gasteiger partial charge in [0.15, 0.2) is 0 Å². The molecule has 0 unspecified atom stereocenters. The van der Waals surface area contributed by atoms with Crippen LogP contribution in [0.3, 0.4) is 0 Å². The first-order valence-electron chi connectivity index (χ1n) is 10.7. The van der Waals surface area contributed by atoms with Crippen molar-refractivity contribution in [1.82, 2.24) is 3.97 Å². The second kappa shape index (κ2) is 6.81. The number of fused-ring (bicyclic) bond motifs is 5. The van der Waals surface area contributed by atoms with E-state index in [1.54, 1.807) is 16.1 Å². The van der Waals surface area contributed by atoms with Gasteiger partial charge in [0.1, 0.15) is 6.10 Å². The highest BCUT2D eigenvalue weighted by molar-refractivity contribution is 7.90. The maximum absolute atomic E-state index is 13.9. The van der Waals surface area contributed by atoms with Crippen LogP contribution in [-0.4, -0.2) is 19.0 Å². The van der Waals surface area contributed by atoms with E-state index in [2.05, 4.69) is 24.3 Å². The Morgan fingerprint density at radius 3 is 2.39 bits per heavy atom. The summed E-state index contributed by atoms with van der Waals surface area (Å²) in [4.78, 5) is 0.305. The number of aryl methyl sites for hydroxylation is 1. The summed E-state index contributed by atoms with van der Waals surface area (Å²) in [5.74, 6) is 0.375. The average molecular weight is 430 g/mol. The highest BCUT2D eigenvalue weighted by atomic mass is 32.2. The van der Waals surface area contributed by atoms with Crippen molar-refractivity contribution in [2.75, 3.05) is 6.61 Å². The summed E-state index contributed by atoms with van der Waals surface area (Å²) in [5.41, 5.74) is 4.88. The number of ether oxygens (including phenoxy) is 1. The van der Waals surface area contributed by atoms with Crippen molar-refractivity contribution < 1.29 is 13.2 Å². The predicted octanol–water partition coefficient (Wildman–Crippen LogP) is 5.41. The van der Waals surface area contributed by atoms with Crippen molar-refractivity contribution in [2.24, 2.45) is 5.92 Å². The van der Waals surface area contributed by atoms with Crippen molar-refractivity contribution in [3.8, 4) is 0 Å². The van der Waals surface area contributed by atoms with Gasteiger partial charge >= 0.3 is 0 Å². The van der Waals surface area contributed by atoms with Gasteiger partial charge in [-0.25, -0.2) is 12.4 Å². The SMILES string of the molecule is Cc1ccc(S(=O)(=O)n2c3c(c4ccccc42)[C@@H](c2ccccc2)[C@@H]2CCO[C@H]32)cc1. The summed E-state index contributed by atoms with van der Waals surface area (Å²) in [6.45, 7) is 2.62. The summed E-state index contributed by atoms with van der Waals surface area (Å²) < 4.78 is 35.6. The number of rotatable bonds is 3. The standard InChI is InChI=1S/C26H23NO3S/c1-17-11-13-19(14-12-17)31(28,29)27-22-10-6-5-9-20(22)24-23(18-7-3-2-4-8-18)21-15-16-30-26(21)25(24)27/h2-14,21,23,26H,15-16H2,1H3/t21-,23-,26-/m0/s1. The third-order valence-electron chi connectivity index (χ3n) is 6.77. The van der Waals surface area contributed by atoms with Crippen molar-refractivity contribution in [3.63, 3.8) is 0 Å². The monoisotopic (exact) mass is 429 g/mol. The van der Waals surface area contributed by atoms with Gasteiger partial charge < -0.3 is 4.74 Å². The molecule has 1 saturated heterocycles. The number of para-hydroxylation sites is 1. The minimum Gasteiger partial charge on any atom is -0.372 e. The highest BCUT2D eigenvalue weighted by Crippen LogP contribution is 2.57. The summed E-state index contributed by atoms with van der Waals surface area (Å²) in [7, 11) is -3.77. The molecule has 2 heterocycles. The van der Waals surface area contributed by atoms with E-state index in [1.165, 1.54) is 5.56 Å². The van der Waals surface area contributed by atoms with E-state index in [9.17, 15) is 8.42 Å². The summed E-state index contributed by atoms with van der Waals surface area (Å²) in [6, 6.07) is 25.4. The lowest BCUT2D eigenvalue weighted by atomic mass is 9.83. The van der Waals surface area contributed by atoms with Crippen LogP contribution in [0.5, 0.6) is 0 Å². The molecule has 6 rings (SSSR count). The van der Waals surface area contributed by atoms with Crippen LogP contribution < -0.4 is 0 Å². The van der Waals surface area contributed by atoms with E-state index in [1.807, 2.05) is 49.4 Å². The maximum Gasteiger partial charge on any atom is 0.268 e.